The molecule has 0 saturated heterocycles. The zero-order valence-corrected chi connectivity index (χ0v) is 17.8. The van der Waals surface area contributed by atoms with Crippen LogP contribution in [0.2, 0.25) is 0 Å². The first-order chi connectivity index (χ1) is 12.6. The Kier molecular flexibility index (Phi) is 8.59. The molecule has 0 unspecified atom stereocenters. The highest BCUT2D eigenvalue weighted by Crippen LogP contribution is 2.28. The molecule has 0 atom stereocenters. The molecule has 0 radical (unpaired) electrons. The molecule has 1 aromatic carbocycles. The van der Waals surface area contributed by atoms with Crippen molar-refractivity contribution < 1.29 is 5.11 Å². The van der Waals surface area contributed by atoms with Gasteiger partial charge in [0.05, 0.1) is 11.3 Å². The van der Waals surface area contributed by atoms with Gasteiger partial charge in [0.15, 0.2) is 11.5 Å². The van der Waals surface area contributed by atoms with E-state index in [2.05, 4.69) is 16.9 Å². The Bertz CT molecular complexity index is 849. The van der Waals surface area contributed by atoms with Gasteiger partial charge in [-0.25, -0.2) is 9.97 Å². The number of nitrogens with zero attached hydrogens (tertiary/aromatic N) is 3. The van der Waals surface area contributed by atoms with E-state index in [0.29, 0.717) is 11.5 Å². The second-order valence-electron chi connectivity index (χ2n) is 6.98. The maximum Gasteiger partial charge on any atom is 0.179 e. The fraction of sp³-hybridized carbons (Fsp3) is 0.400. The normalized spacial score (nSPS) is 10.6. The van der Waals surface area contributed by atoms with Crippen molar-refractivity contribution in [3.8, 4) is 11.3 Å². The maximum absolute atomic E-state index is 8.52. The molecule has 2 aromatic heterocycles. The third kappa shape index (κ3) is 7.11. The van der Waals surface area contributed by atoms with Gasteiger partial charge in [-0.1, -0.05) is 19.1 Å². The van der Waals surface area contributed by atoms with Crippen LogP contribution in [0.4, 0.5) is 11.5 Å². The molecule has 6 nitrogen and oxygen atoms in total. The van der Waals surface area contributed by atoms with E-state index >= 15 is 0 Å². The van der Waals surface area contributed by atoms with Crippen molar-refractivity contribution in [2.75, 3.05) is 24.0 Å². The van der Waals surface area contributed by atoms with Gasteiger partial charge >= 0.3 is 0 Å². The fourth-order valence-corrected chi connectivity index (χ4v) is 2.32. The number of hydrogen-bond donors (Lipinski definition) is 3. The number of nitrogens with two attached hydrogens (primary N) is 2. The van der Waals surface area contributed by atoms with E-state index in [1.54, 1.807) is 38.7 Å². The molecular weight excluding hydrogens is 358 g/mol. The molecule has 27 heavy (non-hydrogen) atoms. The van der Waals surface area contributed by atoms with E-state index in [4.69, 9.17) is 16.6 Å². The smallest absolute Gasteiger partial charge is 0.179 e. The Morgan fingerprint density at radius 3 is 2.33 bits per heavy atom. The Labute approximate surface area is 166 Å². The van der Waals surface area contributed by atoms with Gasteiger partial charge in [-0.2, -0.15) is 11.8 Å². The molecule has 0 saturated carbocycles. The van der Waals surface area contributed by atoms with Gasteiger partial charge in [-0.3, -0.25) is 0 Å². The lowest BCUT2D eigenvalue weighted by molar-refractivity contribution is 0.102. The van der Waals surface area contributed by atoms with Crippen LogP contribution >= 0.6 is 11.8 Å². The second-order valence-corrected chi connectivity index (χ2v) is 7.79. The Hall–Kier alpha value is -2.25. The van der Waals surface area contributed by atoms with Gasteiger partial charge in [0.2, 0.25) is 0 Å². The third-order valence-corrected chi connectivity index (χ3v) is 3.24. The number of thioether (sulfide) groups is 1. The van der Waals surface area contributed by atoms with Crippen LogP contribution in [0.5, 0.6) is 0 Å². The zero-order chi connectivity index (χ0) is 20.6. The lowest BCUT2D eigenvalue weighted by Gasteiger charge is -2.11. The summed E-state index contributed by atoms with van der Waals surface area (Å²) >= 11 is 1.75. The summed E-state index contributed by atoms with van der Waals surface area (Å²) in [5.41, 5.74) is 15.8. The zero-order valence-electron chi connectivity index (χ0n) is 17.0. The molecule has 0 bridgehead atoms. The lowest BCUT2D eigenvalue weighted by Crippen LogP contribution is -2.10. The summed E-state index contributed by atoms with van der Waals surface area (Å²) in [6, 6.07) is 5.85. The lowest BCUT2D eigenvalue weighted by atomic mass is 10.0. The maximum atomic E-state index is 8.52. The first kappa shape index (κ1) is 22.8. The molecular formula is C20H31N5OS. The van der Waals surface area contributed by atoms with E-state index in [1.165, 1.54) is 0 Å². The van der Waals surface area contributed by atoms with Crippen molar-refractivity contribution in [1.82, 2.24) is 14.4 Å². The van der Waals surface area contributed by atoms with Crippen molar-refractivity contribution in [3.63, 3.8) is 0 Å². The molecule has 3 aromatic rings. The molecule has 0 aliphatic heterocycles. The molecule has 148 valence electrons. The standard InChI is InChI=1S/C14H15N5.C4H10O.C2H6S/c1-2-9-10(4-3-5-11(9)15)12-8-19-7-6-17-14(19)13(16)18-12;1-4(2,3)5;1-3-2/h3-8H,2,15H2,1H3,(H2,16,18);5H,1-3H3;1-2H3. The fourth-order valence-electron chi connectivity index (χ4n) is 2.32. The van der Waals surface area contributed by atoms with Gasteiger partial charge in [0.1, 0.15) is 0 Å². The topological polar surface area (TPSA) is 102 Å². The molecule has 0 spiro atoms. The Morgan fingerprint density at radius 2 is 1.78 bits per heavy atom. The summed E-state index contributed by atoms with van der Waals surface area (Å²) in [5, 5.41) is 8.52. The third-order valence-electron chi connectivity index (χ3n) is 3.24. The molecule has 0 aliphatic rings. The van der Waals surface area contributed by atoms with Gasteiger partial charge in [-0.05, 0) is 51.3 Å². The first-order valence-electron chi connectivity index (χ1n) is 8.71. The first-order valence-corrected chi connectivity index (χ1v) is 10.3. The molecule has 3 rings (SSSR count). The molecule has 5 N–H and O–H groups in total. The highest BCUT2D eigenvalue weighted by molar-refractivity contribution is 7.97. The molecule has 0 aliphatic carbocycles. The molecule has 0 amide bonds. The summed E-state index contributed by atoms with van der Waals surface area (Å²) < 4.78 is 1.88. The number of rotatable bonds is 2. The van der Waals surface area contributed by atoms with Crippen molar-refractivity contribution >= 4 is 28.9 Å². The largest absolute Gasteiger partial charge is 0.398 e. The van der Waals surface area contributed by atoms with E-state index in [-0.39, 0.29) is 0 Å². The number of benzene rings is 1. The quantitative estimate of drug-likeness (QED) is 0.575. The van der Waals surface area contributed by atoms with Gasteiger partial charge < -0.3 is 21.0 Å². The predicted molar refractivity (Wildman–Crippen MR) is 118 cm³/mol. The van der Waals surface area contributed by atoms with Gasteiger partial charge in [0.25, 0.3) is 0 Å². The SMILES string of the molecule is CC(C)(C)O.CCc1c(N)cccc1-c1cn2ccnc2c(N)n1.CSC. The minimum absolute atomic E-state index is 0.423. The predicted octanol–water partition coefficient (Wildman–Crippen LogP) is 3.88. The second kappa shape index (κ2) is 10.2. The van der Waals surface area contributed by atoms with Crippen LogP contribution in [-0.2, 0) is 6.42 Å². The number of fused-ring (bicyclic) bond motifs is 1. The van der Waals surface area contributed by atoms with Crippen LogP contribution < -0.4 is 11.5 Å². The summed E-state index contributed by atoms with van der Waals surface area (Å²) in [7, 11) is 0. The van der Waals surface area contributed by atoms with E-state index in [1.807, 2.05) is 47.5 Å². The minimum atomic E-state index is -0.500. The average Bonchev–Trinajstić information content (AvgIpc) is 3.03. The number of aromatic nitrogens is 3. The van der Waals surface area contributed by atoms with E-state index < -0.39 is 5.60 Å². The summed E-state index contributed by atoms with van der Waals surface area (Å²) in [5.74, 6) is 0.423. The van der Waals surface area contributed by atoms with Gasteiger partial charge in [0, 0.05) is 29.8 Å². The molecule has 0 fully saturated rings. The highest BCUT2D eigenvalue weighted by atomic mass is 32.2. The minimum Gasteiger partial charge on any atom is -0.398 e. The van der Waals surface area contributed by atoms with Crippen molar-refractivity contribution in [1.29, 1.82) is 0 Å². The number of hydrogen-bond acceptors (Lipinski definition) is 6. The van der Waals surface area contributed by atoms with Gasteiger partial charge in [-0.15, -0.1) is 0 Å². The monoisotopic (exact) mass is 389 g/mol. The summed E-state index contributed by atoms with van der Waals surface area (Å²) in [4.78, 5) is 8.60. The van der Waals surface area contributed by atoms with Crippen molar-refractivity contribution in [2.24, 2.45) is 0 Å². The van der Waals surface area contributed by atoms with E-state index in [9.17, 15) is 0 Å². The summed E-state index contributed by atoms with van der Waals surface area (Å²) in [6.07, 6.45) is 10.4. The Morgan fingerprint density at radius 1 is 1.19 bits per heavy atom. The van der Waals surface area contributed by atoms with Crippen LogP contribution in [-0.4, -0.2) is 37.6 Å². The van der Waals surface area contributed by atoms with Crippen LogP contribution in [0, 0.1) is 0 Å². The average molecular weight is 390 g/mol. The summed E-state index contributed by atoms with van der Waals surface area (Å²) in [6.45, 7) is 7.31. The highest BCUT2D eigenvalue weighted by Gasteiger charge is 2.11. The Balaban J connectivity index is 0.000000390. The van der Waals surface area contributed by atoms with Crippen LogP contribution in [0.25, 0.3) is 16.9 Å². The van der Waals surface area contributed by atoms with Crippen LogP contribution in [0.3, 0.4) is 0 Å². The van der Waals surface area contributed by atoms with Crippen LogP contribution in [0.15, 0.2) is 36.8 Å². The number of anilines is 2. The van der Waals surface area contributed by atoms with Crippen LogP contribution in [0.1, 0.15) is 33.3 Å². The number of imidazole rings is 1. The number of nitrogen functional groups attached to an aromatic ring is 2. The molecule has 7 heteroatoms. The molecule has 2 heterocycles. The van der Waals surface area contributed by atoms with E-state index in [0.717, 1.165) is 28.9 Å². The van der Waals surface area contributed by atoms with Crippen molar-refractivity contribution in [3.05, 3.63) is 42.4 Å². The number of aliphatic hydroxyl groups is 1. The van der Waals surface area contributed by atoms with Crippen molar-refractivity contribution in [2.45, 2.75) is 39.7 Å².